The Morgan fingerprint density at radius 1 is 1.47 bits per heavy atom. The fourth-order valence-corrected chi connectivity index (χ4v) is 1.67. The number of benzene rings is 1. The molecular formula is C13H18FNO2. The second-order valence-electron chi connectivity index (χ2n) is 4.08. The van der Waals surface area contributed by atoms with E-state index in [-0.39, 0.29) is 30.8 Å². The molecule has 1 atom stereocenters. The molecule has 0 aromatic heterocycles. The van der Waals surface area contributed by atoms with Crippen LogP contribution in [0.25, 0.3) is 0 Å². The van der Waals surface area contributed by atoms with E-state index in [1.54, 1.807) is 30.1 Å². The summed E-state index contributed by atoms with van der Waals surface area (Å²) in [6.45, 7) is 2.22. The average Bonchev–Trinajstić information content (AvgIpc) is 2.29. The number of hydrogen-bond acceptors (Lipinski definition) is 3. The van der Waals surface area contributed by atoms with Gasteiger partial charge in [0.2, 0.25) is 0 Å². The number of ether oxygens (including phenoxy) is 1. The van der Waals surface area contributed by atoms with Gasteiger partial charge in [0.25, 0.3) is 0 Å². The van der Waals surface area contributed by atoms with Gasteiger partial charge >= 0.3 is 0 Å². The van der Waals surface area contributed by atoms with E-state index >= 15 is 0 Å². The van der Waals surface area contributed by atoms with E-state index in [0.717, 1.165) is 0 Å². The molecule has 0 spiro atoms. The average molecular weight is 239 g/mol. The summed E-state index contributed by atoms with van der Waals surface area (Å²) in [5.41, 5.74) is 0.597. The lowest BCUT2D eigenvalue weighted by Crippen LogP contribution is -2.30. The minimum atomic E-state index is -0.244. The Morgan fingerprint density at radius 3 is 2.71 bits per heavy atom. The summed E-state index contributed by atoms with van der Waals surface area (Å²) in [5, 5.41) is 0. The molecule has 0 aliphatic carbocycles. The Morgan fingerprint density at radius 2 is 2.12 bits per heavy atom. The normalized spacial score (nSPS) is 12.8. The minimum Gasteiger partial charge on any atom is -0.377 e. The van der Waals surface area contributed by atoms with Gasteiger partial charge in [-0.05, 0) is 20.0 Å². The Labute approximate surface area is 101 Å². The van der Waals surface area contributed by atoms with Crippen LogP contribution in [0.3, 0.4) is 0 Å². The molecule has 0 amide bonds. The van der Waals surface area contributed by atoms with Crippen LogP contribution in [0.15, 0.2) is 24.3 Å². The Hall–Kier alpha value is -1.26. The molecule has 1 rings (SSSR count). The molecule has 1 aromatic carbocycles. The number of halogens is 1. The molecule has 0 heterocycles. The molecule has 3 nitrogen and oxygen atoms in total. The van der Waals surface area contributed by atoms with E-state index in [1.165, 1.54) is 13.2 Å². The standard InChI is InChI=1S/C13H18FNO2/c1-10(12-6-4-5-7-13(12)14)15(2)8-11(16)9-17-3/h4-7,10H,8-9H2,1-3H3. The maximum absolute atomic E-state index is 13.5. The number of ketones is 1. The molecule has 0 saturated carbocycles. The first kappa shape index (κ1) is 13.8. The molecule has 1 aromatic rings. The number of rotatable bonds is 6. The number of hydrogen-bond donors (Lipinski definition) is 0. The van der Waals surface area contributed by atoms with Crippen molar-refractivity contribution in [1.82, 2.24) is 4.90 Å². The number of methoxy groups -OCH3 is 1. The fourth-order valence-electron chi connectivity index (χ4n) is 1.67. The van der Waals surface area contributed by atoms with Crippen molar-refractivity contribution in [2.45, 2.75) is 13.0 Å². The SMILES string of the molecule is COCC(=O)CN(C)C(C)c1ccccc1F. The van der Waals surface area contributed by atoms with E-state index in [2.05, 4.69) is 0 Å². The van der Waals surface area contributed by atoms with Gasteiger partial charge in [0, 0.05) is 18.7 Å². The van der Waals surface area contributed by atoms with Gasteiger partial charge in [-0.2, -0.15) is 0 Å². The summed E-state index contributed by atoms with van der Waals surface area (Å²) in [5.74, 6) is -0.260. The molecule has 0 aliphatic heterocycles. The van der Waals surface area contributed by atoms with Crippen LogP contribution in [0.2, 0.25) is 0 Å². The first-order valence-corrected chi connectivity index (χ1v) is 5.51. The molecule has 0 bridgehead atoms. The first-order chi connectivity index (χ1) is 8.06. The third-order valence-corrected chi connectivity index (χ3v) is 2.75. The van der Waals surface area contributed by atoms with E-state index < -0.39 is 0 Å². The van der Waals surface area contributed by atoms with E-state index in [1.807, 2.05) is 6.92 Å². The van der Waals surface area contributed by atoms with Gasteiger partial charge in [0.05, 0.1) is 6.54 Å². The van der Waals surface area contributed by atoms with Crippen LogP contribution >= 0.6 is 0 Å². The van der Waals surface area contributed by atoms with Gasteiger partial charge in [-0.25, -0.2) is 4.39 Å². The number of carbonyl (C=O) groups excluding carboxylic acids is 1. The molecule has 1 unspecified atom stereocenters. The smallest absolute Gasteiger partial charge is 0.172 e. The summed E-state index contributed by atoms with van der Waals surface area (Å²) < 4.78 is 18.3. The largest absolute Gasteiger partial charge is 0.377 e. The van der Waals surface area contributed by atoms with Crippen molar-refractivity contribution in [3.63, 3.8) is 0 Å². The second kappa shape index (κ2) is 6.47. The quantitative estimate of drug-likeness (QED) is 0.760. The van der Waals surface area contributed by atoms with E-state index in [0.29, 0.717) is 5.56 Å². The molecular weight excluding hydrogens is 221 g/mol. The van der Waals surface area contributed by atoms with E-state index in [4.69, 9.17) is 4.74 Å². The molecule has 0 N–H and O–H groups in total. The van der Waals surface area contributed by atoms with Crippen LogP contribution in [-0.4, -0.2) is 38.0 Å². The van der Waals surface area contributed by atoms with Gasteiger partial charge in [0.1, 0.15) is 12.4 Å². The first-order valence-electron chi connectivity index (χ1n) is 5.51. The summed E-state index contributed by atoms with van der Waals surface area (Å²) >= 11 is 0. The van der Waals surface area contributed by atoms with E-state index in [9.17, 15) is 9.18 Å². The lowest BCUT2D eigenvalue weighted by Gasteiger charge is -2.24. The molecule has 17 heavy (non-hydrogen) atoms. The van der Waals surface area contributed by atoms with Gasteiger partial charge in [-0.3, -0.25) is 9.69 Å². The number of nitrogens with zero attached hydrogens (tertiary/aromatic N) is 1. The maximum Gasteiger partial charge on any atom is 0.172 e. The lowest BCUT2D eigenvalue weighted by atomic mass is 10.1. The van der Waals surface area contributed by atoms with Gasteiger partial charge in [-0.15, -0.1) is 0 Å². The van der Waals surface area contributed by atoms with Crippen LogP contribution in [0.4, 0.5) is 4.39 Å². The predicted octanol–water partition coefficient (Wildman–Crippen LogP) is 2.03. The zero-order valence-electron chi connectivity index (χ0n) is 10.4. The maximum atomic E-state index is 13.5. The van der Waals surface area contributed by atoms with Crippen molar-refractivity contribution in [2.24, 2.45) is 0 Å². The topological polar surface area (TPSA) is 29.5 Å². The molecule has 0 radical (unpaired) electrons. The van der Waals surface area contributed by atoms with Crippen molar-refractivity contribution in [3.05, 3.63) is 35.6 Å². The Balaban J connectivity index is 2.67. The molecule has 0 aliphatic rings. The lowest BCUT2D eigenvalue weighted by molar-refractivity contribution is -0.123. The van der Waals surface area contributed by atoms with Crippen LogP contribution in [-0.2, 0) is 9.53 Å². The monoisotopic (exact) mass is 239 g/mol. The van der Waals surface area contributed by atoms with Crippen LogP contribution in [0.1, 0.15) is 18.5 Å². The highest BCUT2D eigenvalue weighted by Crippen LogP contribution is 2.21. The zero-order chi connectivity index (χ0) is 12.8. The van der Waals surface area contributed by atoms with Gasteiger partial charge in [0.15, 0.2) is 5.78 Å². The summed E-state index contributed by atoms with van der Waals surface area (Å²) in [6.07, 6.45) is 0. The van der Waals surface area contributed by atoms with Crippen molar-refractivity contribution in [2.75, 3.05) is 27.3 Å². The number of likely N-dealkylation sites (N-methyl/N-ethyl adjacent to an activating group) is 1. The van der Waals surface area contributed by atoms with Gasteiger partial charge in [-0.1, -0.05) is 18.2 Å². The molecule has 0 fully saturated rings. The highest BCUT2D eigenvalue weighted by Gasteiger charge is 2.17. The Bertz CT molecular complexity index is 381. The fraction of sp³-hybridized carbons (Fsp3) is 0.462. The third kappa shape index (κ3) is 3.91. The number of carbonyl (C=O) groups is 1. The van der Waals surface area contributed by atoms with Crippen molar-refractivity contribution in [1.29, 1.82) is 0 Å². The summed E-state index contributed by atoms with van der Waals surface area (Å²) in [7, 11) is 3.28. The predicted molar refractivity (Wildman–Crippen MR) is 64.3 cm³/mol. The molecule has 0 saturated heterocycles. The summed E-state index contributed by atoms with van der Waals surface area (Å²) in [6, 6.07) is 6.46. The highest BCUT2D eigenvalue weighted by molar-refractivity contribution is 5.81. The third-order valence-electron chi connectivity index (χ3n) is 2.75. The van der Waals surface area contributed by atoms with Crippen molar-refractivity contribution >= 4 is 5.78 Å². The van der Waals surface area contributed by atoms with Crippen molar-refractivity contribution in [3.8, 4) is 0 Å². The van der Waals surface area contributed by atoms with Crippen LogP contribution < -0.4 is 0 Å². The van der Waals surface area contributed by atoms with Crippen LogP contribution in [0.5, 0.6) is 0 Å². The second-order valence-corrected chi connectivity index (χ2v) is 4.08. The number of Topliss-reactive ketones (excluding diaryl/α,β-unsaturated/α-hetero) is 1. The molecule has 94 valence electrons. The zero-order valence-corrected chi connectivity index (χ0v) is 10.4. The van der Waals surface area contributed by atoms with Crippen LogP contribution in [0, 0.1) is 5.82 Å². The summed E-state index contributed by atoms with van der Waals surface area (Å²) in [4.78, 5) is 13.2. The Kier molecular flexibility index (Phi) is 5.25. The van der Waals surface area contributed by atoms with Crippen molar-refractivity contribution < 1.29 is 13.9 Å². The molecule has 4 heteroatoms. The minimum absolute atomic E-state index is 0.0156. The van der Waals surface area contributed by atoms with Gasteiger partial charge < -0.3 is 4.74 Å². The highest BCUT2D eigenvalue weighted by atomic mass is 19.1.